The number of alkyl halides is 2. The lowest BCUT2D eigenvalue weighted by Crippen LogP contribution is -2.21. The quantitative estimate of drug-likeness (QED) is 0.882. The highest BCUT2D eigenvalue weighted by Crippen LogP contribution is 2.30. The molecule has 0 saturated carbocycles. The molecule has 2 nitrogen and oxygen atoms in total. The summed E-state index contributed by atoms with van der Waals surface area (Å²) in [5.41, 5.74) is 0.703. The largest absolute Gasteiger partial charge is 0.388 e. The first-order valence-corrected chi connectivity index (χ1v) is 5.82. The average Bonchev–Trinajstić information content (AvgIpc) is 2.39. The van der Waals surface area contributed by atoms with E-state index in [9.17, 15) is 13.9 Å². The minimum Gasteiger partial charge on any atom is -0.388 e. The lowest BCUT2D eigenvalue weighted by molar-refractivity contribution is 0.00716. The highest BCUT2D eigenvalue weighted by molar-refractivity contribution is 5.25. The summed E-state index contributed by atoms with van der Waals surface area (Å²) in [5, 5.41) is 10.1. The molecule has 0 amide bonds. The van der Waals surface area contributed by atoms with Gasteiger partial charge in [0.05, 0.1) is 6.10 Å². The van der Waals surface area contributed by atoms with Gasteiger partial charge in [0.15, 0.2) is 0 Å². The fraction of sp³-hybridized carbons (Fsp3) is 0.538. The van der Waals surface area contributed by atoms with Gasteiger partial charge in [-0.2, -0.15) is 0 Å². The molecule has 1 aromatic carbocycles. The maximum Gasteiger partial charge on any atom is 0.263 e. The first-order chi connectivity index (χ1) is 8.18. The van der Waals surface area contributed by atoms with Crippen LogP contribution in [-0.4, -0.2) is 18.3 Å². The SMILES string of the molecule is OC(c1ccc(C(F)F)cc1)C1CCOCC1. The predicted octanol–water partition coefficient (Wildman–Crippen LogP) is 3.08. The topological polar surface area (TPSA) is 29.5 Å². The second-order valence-electron chi connectivity index (χ2n) is 4.36. The molecule has 1 N–H and O–H groups in total. The number of ether oxygens (including phenoxy) is 1. The standard InChI is InChI=1S/C13H16F2O2/c14-13(15)11-3-1-9(2-4-11)12(16)10-5-7-17-8-6-10/h1-4,10,12-13,16H,5-8H2. The molecule has 1 heterocycles. The maximum atomic E-state index is 12.4. The lowest BCUT2D eigenvalue weighted by Gasteiger charge is -2.27. The molecule has 0 aromatic heterocycles. The number of halogens is 2. The van der Waals surface area contributed by atoms with Gasteiger partial charge in [0.2, 0.25) is 0 Å². The van der Waals surface area contributed by atoms with Gasteiger partial charge >= 0.3 is 0 Å². The van der Waals surface area contributed by atoms with Gasteiger partial charge in [-0.1, -0.05) is 24.3 Å². The van der Waals surface area contributed by atoms with Crippen LogP contribution in [0.4, 0.5) is 8.78 Å². The van der Waals surface area contributed by atoms with Crippen LogP contribution in [0.1, 0.15) is 36.5 Å². The van der Waals surface area contributed by atoms with E-state index in [2.05, 4.69) is 0 Å². The molecular formula is C13H16F2O2. The van der Waals surface area contributed by atoms with Crippen LogP contribution in [0.5, 0.6) is 0 Å². The Kier molecular flexibility index (Phi) is 4.07. The summed E-state index contributed by atoms with van der Waals surface area (Å²) in [6, 6.07) is 5.92. The van der Waals surface area contributed by atoms with Crippen LogP contribution >= 0.6 is 0 Å². The van der Waals surface area contributed by atoms with Crippen molar-refractivity contribution in [1.82, 2.24) is 0 Å². The Labute approximate surface area is 99.2 Å². The minimum absolute atomic E-state index is 0.00655. The van der Waals surface area contributed by atoms with Crippen molar-refractivity contribution in [2.75, 3.05) is 13.2 Å². The van der Waals surface area contributed by atoms with E-state index >= 15 is 0 Å². The molecule has 1 aliphatic heterocycles. The van der Waals surface area contributed by atoms with E-state index in [1.165, 1.54) is 12.1 Å². The molecule has 1 unspecified atom stereocenters. The number of aliphatic hydroxyl groups excluding tert-OH is 1. The van der Waals surface area contributed by atoms with Crippen molar-refractivity contribution in [2.45, 2.75) is 25.4 Å². The van der Waals surface area contributed by atoms with Crippen molar-refractivity contribution in [3.63, 3.8) is 0 Å². The summed E-state index contributed by atoms with van der Waals surface area (Å²) in [7, 11) is 0. The molecule has 4 heteroatoms. The van der Waals surface area contributed by atoms with Crippen LogP contribution in [0.2, 0.25) is 0 Å². The molecule has 1 atom stereocenters. The summed E-state index contributed by atoms with van der Waals surface area (Å²) in [5.74, 6) is 0.168. The summed E-state index contributed by atoms with van der Waals surface area (Å²) in [6.07, 6.45) is -1.40. The Morgan fingerprint density at radius 2 is 1.59 bits per heavy atom. The van der Waals surface area contributed by atoms with Crippen LogP contribution < -0.4 is 0 Å². The van der Waals surface area contributed by atoms with Crippen molar-refractivity contribution >= 4 is 0 Å². The number of benzene rings is 1. The summed E-state index contributed by atoms with van der Waals surface area (Å²) in [4.78, 5) is 0. The van der Waals surface area contributed by atoms with E-state index in [4.69, 9.17) is 4.74 Å². The lowest BCUT2D eigenvalue weighted by atomic mass is 9.89. The zero-order valence-electron chi connectivity index (χ0n) is 9.48. The van der Waals surface area contributed by atoms with Gasteiger partial charge in [-0.25, -0.2) is 8.78 Å². The molecule has 1 aliphatic rings. The third-order valence-corrected chi connectivity index (χ3v) is 3.24. The molecule has 1 aromatic rings. The predicted molar refractivity (Wildman–Crippen MR) is 59.9 cm³/mol. The van der Waals surface area contributed by atoms with Gasteiger partial charge in [-0.05, 0) is 24.3 Å². The molecule has 0 radical (unpaired) electrons. The monoisotopic (exact) mass is 242 g/mol. The van der Waals surface area contributed by atoms with Gasteiger partial charge < -0.3 is 9.84 Å². The summed E-state index contributed by atoms with van der Waals surface area (Å²) < 4.78 is 30.0. The maximum absolute atomic E-state index is 12.4. The number of hydrogen-bond donors (Lipinski definition) is 1. The number of aliphatic hydroxyl groups is 1. The highest BCUT2D eigenvalue weighted by atomic mass is 19.3. The number of hydrogen-bond acceptors (Lipinski definition) is 2. The van der Waals surface area contributed by atoms with E-state index in [1.54, 1.807) is 12.1 Å². The second kappa shape index (κ2) is 5.56. The van der Waals surface area contributed by atoms with Crippen molar-refractivity contribution in [3.05, 3.63) is 35.4 Å². The third-order valence-electron chi connectivity index (χ3n) is 3.24. The van der Waals surface area contributed by atoms with Crippen LogP contribution in [-0.2, 0) is 4.74 Å². The fourth-order valence-corrected chi connectivity index (χ4v) is 2.14. The Morgan fingerprint density at radius 3 is 2.12 bits per heavy atom. The molecule has 2 rings (SSSR count). The van der Waals surface area contributed by atoms with E-state index in [0.29, 0.717) is 18.8 Å². The van der Waals surface area contributed by atoms with Gasteiger partial charge in [-0.3, -0.25) is 0 Å². The van der Waals surface area contributed by atoms with Crippen molar-refractivity contribution in [1.29, 1.82) is 0 Å². The van der Waals surface area contributed by atoms with Gasteiger partial charge in [0, 0.05) is 18.8 Å². The molecule has 0 bridgehead atoms. The molecule has 0 aliphatic carbocycles. The van der Waals surface area contributed by atoms with Crippen LogP contribution in [0.3, 0.4) is 0 Å². The van der Waals surface area contributed by atoms with E-state index < -0.39 is 12.5 Å². The molecule has 0 spiro atoms. The second-order valence-corrected chi connectivity index (χ2v) is 4.36. The Morgan fingerprint density at radius 1 is 1.06 bits per heavy atom. The van der Waals surface area contributed by atoms with Gasteiger partial charge in [0.25, 0.3) is 6.43 Å². The minimum atomic E-state index is -2.45. The van der Waals surface area contributed by atoms with Crippen LogP contribution in [0, 0.1) is 5.92 Å². The smallest absolute Gasteiger partial charge is 0.263 e. The van der Waals surface area contributed by atoms with E-state index in [0.717, 1.165) is 12.8 Å². The van der Waals surface area contributed by atoms with Crippen molar-refractivity contribution in [2.24, 2.45) is 5.92 Å². The Bertz CT molecular complexity index is 345. The first-order valence-electron chi connectivity index (χ1n) is 5.82. The molecule has 17 heavy (non-hydrogen) atoms. The highest BCUT2D eigenvalue weighted by Gasteiger charge is 2.23. The third kappa shape index (κ3) is 3.01. The van der Waals surface area contributed by atoms with Crippen LogP contribution in [0.25, 0.3) is 0 Å². The Hall–Kier alpha value is -1.00. The summed E-state index contributed by atoms with van der Waals surface area (Å²) >= 11 is 0. The van der Waals surface area contributed by atoms with Crippen LogP contribution in [0.15, 0.2) is 24.3 Å². The molecular weight excluding hydrogens is 226 g/mol. The molecule has 1 fully saturated rings. The first kappa shape index (κ1) is 12.5. The zero-order chi connectivity index (χ0) is 12.3. The normalized spacial score (nSPS) is 19.5. The van der Waals surface area contributed by atoms with E-state index in [-0.39, 0.29) is 11.5 Å². The van der Waals surface area contributed by atoms with Crippen molar-refractivity contribution in [3.8, 4) is 0 Å². The molecule has 94 valence electrons. The average molecular weight is 242 g/mol. The van der Waals surface area contributed by atoms with Gasteiger partial charge in [0.1, 0.15) is 0 Å². The molecule has 1 saturated heterocycles. The van der Waals surface area contributed by atoms with E-state index in [1.807, 2.05) is 0 Å². The number of rotatable bonds is 3. The van der Waals surface area contributed by atoms with Crippen molar-refractivity contribution < 1.29 is 18.6 Å². The fourth-order valence-electron chi connectivity index (χ4n) is 2.14. The van der Waals surface area contributed by atoms with Gasteiger partial charge in [-0.15, -0.1) is 0 Å². The summed E-state index contributed by atoms with van der Waals surface area (Å²) in [6.45, 7) is 1.33. The zero-order valence-corrected chi connectivity index (χ0v) is 9.48. The Balaban J connectivity index is 2.05.